The zero-order chi connectivity index (χ0) is 19.3. The van der Waals surface area contributed by atoms with Crippen molar-refractivity contribution in [2.24, 2.45) is 0 Å². The fraction of sp³-hybridized carbons (Fsp3) is 0.160. The zero-order valence-corrected chi connectivity index (χ0v) is 21.4. The summed E-state index contributed by atoms with van der Waals surface area (Å²) in [6.45, 7) is 3.90. The molecular weight excluding hydrogens is 461 g/mol. The number of fused-ring (bicyclic) bond motifs is 1. The van der Waals surface area contributed by atoms with Gasteiger partial charge in [-0.3, -0.25) is 0 Å². The molecule has 1 atom stereocenters. The van der Waals surface area contributed by atoms with E-state index in [1.54, 1.807) is 0 Å². The minimum Gasteiger partial charge on any atom is -1.00 e. The largest absolute Gasteiger partial charge is 4.00 e. The van der Waals surface area contributed by atoms with Crippen LogP contribution in [-0.2, 0) is 21.7 Å². The van der Waals surface area contributed by atoms with E-state index in [-0.39, 0.29) is 52.6 Å². The summed E-state index contributed by atoms with van der Waals surface area (Å²) in [5, 5.41) is 5.46. The van der Waals surface area contributed by atoms with Crippen LogP contribution in [0, 0.1) is 0 Å². The summed E-state index contributed by atoms with van der Waals surface area (Å²) in [7, 11) is 0.777. The second-order valence-electron chi connectivity index (χ2n) is 6.32. The second kappa shape index (κ2) is 18.5. The van der Waals surface area contributed by atoms with E-state index in [1.165, 1.54) is 21.1 Å². The van der Waals surface area contributed by atoms with E-state index in [0.29, 0.717) is 0 Å². The normalized spacial score (nSPS) is 9.83. The summed E-state index contributed by atoms with van der Waals surface area (Å²) in [4.78, 5) is 0. The van der Waals surface area contributed by atoms with Crippen molar-refractivity contribution in [3.63, 3.8) is 0 Å². The van der Waals surface area contributed by atoms with Crippen LogP contribution in [0.1, 0.15) is 20.3 Å². The molecule has 1 nitrogen and oxygen atoms in total. The van der Waals surface area contributed by atoms with Crippen LogP contribution < -0.4 is 35.2 Å². The molecule has 0 fully saturated rings. The zero-order valence-electron chi connectivity index (χ0n) is 17.4. The van der Waals surface area contributed by atoms with Crippen molar-refractivity contribution in [1.29, 1.82) is 0 Å². The summed E-state index contributed by atoms with van der Waals surface area (Å²) in [5.41, 5.74) is 6.83. The van der Waals surface area contributed by atoms with Gasteiger partial charge in [-0.25, -0.2) is 0 Å². The van der Waals surface area contributed by atoms with Gasteiger partial charge in [0.05, 0.1) is 0 Å². The van der Waals surface area contributed by atoms with E-state index in [1.807, 2.05) is 13.8 Å². The Hall–Kier alpha value is -1.26. The van der Waals surface area contributed by atoms with Crippen molar-refractivity contribution in [2.75, 3.05) is 0 Å². The summed E-state index contributed by atoms with van der Waals surface area (Å²) in [6, 6.07) is 36.0. The maximum atomic E-state index is 6.83. The number of rotatable bonds is 3. The Balaban J connectivity index is 0. The van der Waals surface area contributed by atoms with Gasteiger partial charge in [0.15, 0.2) is 0 Å². The fourth-order valence-corrected chi connectivity index (χ4v) is 3.33. The predicted molar refractivity (Wildman–Crippen MR) is 122 cm³/mol. The number of hydrogen-bond donors (Lipinski definition) is 0. The van der Waals surface area contributed by atoms with E-state index in [0.717, 1.165) is 15.9 Å². The Labute approximate surface area is 211 Å². The number of nitrogens with one attached hydrogen (secondary N) is 1. The first-order valence-electron chi connectivity index (χ1n) is 9.37. The SMILES string of the molecule is CCC(C)[NH-].[Cl-].[Cl-].[Ti+4].c1ccc([Si]c2ccccc2)cc1.c1ccc2[cH-]ccc2c1. The van der Waals surface area contributed by atoms with Crippen molar-refractivity contribution >= 4 is 30.7 Å². The van der Waals surface area contributed by atoms with Crippen LogP contribution in [0.25, 0.3) is 16.5 Å². The molecule has 0 saturated carbocycles. The van der Waals surface area contributed by atoms with Crippen LogP contribution in [0.15, 0.2) is 103 Å². The third-order valence-corrected chi connectivity index (χ3v) is 5.24. The van der Waals surface area contributed by atoms with Gasteiger partial charge in [0.25, 0.3) is 0 Å². The summed E-state index contributed by atoms with van der Waals surface area (Å²) < 4.78 is 0. The predicted octanol–water partition coefficient (Wildman–Crippen LogP) is -0.257. The van der Waals surface area contributed by atoms with E-state index < -0.39 is 0 Å². The van der Waals surface area contributed by atoms with E-state index in [2.05, 4.69) is 103 Å². The van der Waals surface area contributed by atoms with Crippen molar-refractivity contribution in [2.45, 2.75) is 26.3 Å². The molecule has 0 aliphatic carbocycles. The molecule has 0 saturated heterocycles. The topological polar surface area (TPSA) is 23.8 Å². The van der Waals surface area contributed by atoms with Gasteiger partial charge in [0.2, 0.25) is 0 Å². The molecule has 1 N–H and O–H groups in total. The van der Waals surface area contributed by atoms with Gasteiger partial charge in [0.1, 0.15) is 9.52 Å². The Morgan fingerprint density at radius 3 is 1.63 bits per heavy atom. The minimum absolute atomic E-state index is 0. The molecule has 0 aliphatic rings. The van der Waals surface area contributed by atoms with Crippen molar-refractivity contribution in [3.8, 4) is 0 Å². The van der Waals surface area contributed by atoms with Gasteiger partial charge in [0, 0.05) is 0 Å². The van der Waals surface area contributed by atoms with E-state index in [4.69, 9.17) is 5.73 Å². The Morgan fingerprint density at radius 1 is 0.767 bits per heavy atom. The molecule has 0 aromatic heterocycles. The first kappa shape index (κ1) is 30.9. The maximum absolute atomic E-state index is 6.83. The molecule has 5 heteroatoms. The van der Waals surface area contributed by atoms with Gasteiger partial charge in [-0.15, -0.1) is 35.7 Å². The van der Waals surface area contributed by atoms with E-state index >= 15 is 0 Å². The molecule has 2 radical (unpaired) electrons. The standard InChI is InChI=1S/C12H10Si.C9H7.C4H10N.2ClH.Ti/c1-3-7-11(8-4-1)13-12-9-5-2-6-10-12;1-2-5-9-7-3-6-8(9)4-1;1-3-4(2)5;;;/h1-10H;1-7H;4-5H,3H2,1-2H3;2*1H;/q;2*-1;;;+4/p-2. The first-order valence-corrected chi connectivity index (χ1v) is 10.4. The minimum atomic E-state index is 0. The Bertz CT molecular complexity index is 815. The molecule has 1 unspecified atom stereocenters. The summed E-state index contributed by atoms with van der Waals surface area (Å²) in [5.74, 6) is 0. The third kappa shape index (κ3) is 12.4. The van der Waals surface area contributed by atoms with Gasteiger partial charge in [-0.2, -0.15) is 17.5 Å². The van der Waals surface area contributed by atoms with Crippen LogP contribution in [-0.4, -0.2) is 15.6 Å². The molecule has 0 heterocycles. The average Bonchev–Trinajstić information content (AvgIpc) is 3.19. The van der Waals surface area contributed by atoms with Crippen molar-refractivity contribution in [3.05, 3.63) is 109 Å². The molecule has 4 rings (SSSR count). The average molecular weight is 488 g/mol. The Morgan fingerprint density at radius 2 is 1.20 bits per heavy atom. The second-order valence-corrected chi connectivity index (χ2v) is 7.73. The van der Waals surface area contributed by atoms with Gasteiger partial charge >= 0.3 is 21.7 Å². The summed E-state index contributed by atoms with van der Waals surface area (Å²) in [6.07, 6.45) is 0.972. The molecule has 0 spiro atoms. The van der Waals surface area contributed by atoms with Gasteiger partial charge in [-0.1, -0.05) is 97.4 Å². The third-order valence-electron chi connectivity index (χ3n) is 4.00. The Kier molecular flexibility index (Phi) is 19.1. The maximum Gasteiger partial charge on any atom is 4.00 e. The van der Waals surface area contributed by atoms with Gasteiger partial charge < -0.3 is 30.5 Å². The van der Waals surface area contributed by atoms with Crippen LogP contribution in [0.2, 0.25) is 0 Å². The van der Waals surface area contributed by atoms with Crippen LogP contribution in [0.5, 0.6) is 0 Å². The first-order chi connectivity index (χ1) is 13.2. The van der Waals surface area contributed by atoms with Crippen LogP contribution in [0.4, 0.5) is 0 Å². The molecule has 0 aliphatic heterocycles. The van der Waals surface area contributed by atoms with Crippen molar-refractivity contribution in [1.82, 2.24) is 0 Å². The fourth-order valence-electron chi connectivity index (χ4n) is 2.28. The van der Waals surface area contributed by atoms with Crippen molar-refractivity contribution < 1.29 is 46.5 Å². The molecule has 4 aromatic carbocycles. The number of benzene rings is 3. The molecular formula is C25H27Cl2NSiTi. The van der Waals surface area contributed by atoms with E-state index in [9.17, 15) is 0 Å². The smallest absolute Gasteiger partial charge is 1.00 e. The molecule has 0 bridgehead atoms. The molecule has 4 aromatic rings. The van der Waals surface area contributed by atoms with Gasteiger partial charge in [-0.05, 0) is 0 Å². The van der Waals surface area contributed by atoms with Crippen LogP contribution in [0.3, 0.4) is 0 Å². The molecule has 30 heavy (non-hydrogen) atoms. The monoisotopic (exact) mass is 487 g/mol. The molecule has 0 amide bonds. The quantitative estimate of drug-likeness (QED) is 0.281. The summed E-state index contributed by atoms with van der Waals surface area (Å²) >= 11 is 0. The number of halogens is 2. The van der Waals surface area contributed by atoms with Crippen LogP contribution >= 0.6 is 0 Å². The number of hydrogen-bond acceptors (Lipinski definition) is 0. The molecule has 154 valence electrons.